The summed E-state index contributed by atoms with van der Waals surface area (Å²) in [5.41, 5.74) is 2.87. The van der Waals surface area contributed by atoms with Crippen LogP contribution < -0.4 is 19.7 Å². The van der Waals surface area contributed by atoms with E-state index >= 15 is 0 Å². The first-order valence-electron chi connectivity index (χ1n) is 8.53. The summed E-state index contributed by atoms with van der Waals surface area (Å²) in [6, 6.07) is 10.6. The van der Waals surface area contributed by atoms with Gasteiger partial charge in [-0.15, -0.1) is 0 Å². The normalized spacial score (nSPS) is 12.5. The van der Waals surface area contributed by atoms with Crippen LogP contribution in [0.25, 0.3) is 0 Å². The molecule has 27 heavy (non-hydrogen) atoms. The third-order valence-electron chi connectivity index (χ3n) is 4.46. The number of benzene rings is 2. The lowest BCUT2D eigenvalue weighted by Crippen LogP contribution is -2.32. The first kappa shape index (κ1) is 18.7. The van der Waals surface area contributed by atoms with E-state index in [4.69, 9.17) is 14.2 Å². The van der Waals surface area contributed by atoms with Gasteiger partial charge >= 0.3 is 0 Å². The molecule has 1 heterocycles. The molecule has 7 nitrogen and oxygen atoms in total. The molecular formula is C20H22N2O5. The SMILES string of the molecule is COCC(=O)N1CCc2ccc(NC(=O)c3ccc(OC)cc3OC)cc21. The van der Waals surface area contributed by atoms with Gasteiger partial charge in [-0.05, 0) is 36.2 Å². The summed E-state index contributed by atoms with van der Waals surface area (Å²) >= 11 is 0. The first-order valence-corrected chi connectivity index (χ1v) is 8.53. The quantitative estimate of drug-likeness (QED) is 0.845. The molecule has 0 spiro atoms. The average Bonchev–Trinajstić information content (AvgIpc) is 3.10. The third-order valence-corrected chi connectivity index (χ3v) is 4.46. The van der Waals surface area contributed by atoms with E-state index in [-0.39, 0.29) is 18.4 Å². The van der Waals surface area contributed by atoms with Gasteiger partial charge in [0.05, 0.1) is 19.8 Å². The van der Waals surface area contributed by atoms with E-state index in [2.05, 4.69) is 5.32 Å². The van der Waals surface area contributed by atoms with E-state index < -0.39 is 0 Å². The summed E-state index contributed by atoms with van der Waals surface area (Å²) in [4.78, 5) is 26.6. The molecule has 7 heteroatoms. The Hall–Kier alpha value is -3.06. The van der Waals surface area contributed by atoms with Crippen LogP contribution in [0.15, 0.2) is 36.4 Å². The van der Waals surface area contributed by atoms with Gasteiger partial charge in [-0.2, -0.15) is 0 Å². The fourth-order valence-corrected chi connectivity index (χ4v) is 3.10. The molecule has 0 aliphatic carbocycles. The number of nitrogens with one attached hydrogen (secondary N) is 1. The van der Waals surface area contributed by atoms with Crippen LogP contribution in [0.3, 0.4) is 0 Å². The van der Waals surface area contributed by atoms with Crippen LogP contribution in [-0.2, 0) is 16.0 Å². The highest BCUT2D eigenvalue weighted by molar-refractivity contribution is 6.07. The Morgan fingerprint density at radius 3 is 2.59 bits per heavy atom. The molecular weight excluding hydrogens is 348 g/mol. The van der Waals surface area contributed by atoms with Crippen LogP contribution in [0.1, 0.15) is 15.9 Å². The van der Waals surface area contributed by atoms with E-state index in [1.54, 1.807) is 30.2 Å². The van der Waals surface area contributed by atoms with E-state index in [1.807, 2.05) is 18.2 Å². The second-order valence-electron chi connectivity index (χ2n) is 6.09. The number of nitrogens with zero attached hydrogens (tertiary/aromatic N) is 1. The number of carbonyl (C=O) groups excluding carboxylic acids is 2. The van der Waals surface area contributed by atoms with Crippen LogP contribution in [-0.4, -0.2) is 46.3 Å². The number of methoxy groups -OCH3 is 3. The summed E-state index contributed by atoms with van der Waals surface area (Å²) in [6.07, 6.45) is 0.783. The van der Waals surface area contributed by atoms with Crippen molar-refractivity contribution in [2.75, 3.05) is 44.7 Å². The van der Waals surface area contributed by atoms with Crippen molar-refractivity contribution in [2.45, 2.75) is 6.42 Å². The molecule has 0 bridgehead atoms. The van der Waals surface area contributed by atoms with Gasteiger partial charge in [0.2, 0.25) is 0 Å². The molecule has 142 valence electrons. The van der Waals surface area contributed by atoms with E-state index in [1.165, 1.54) is 14.2 Å². The molecule has 2 aromatic carbocycles. The minimum atomic E-state index is -0.304. The maximum absolute atomic E-state index is 12.7. The molecule has 0 fully saturated rings. The Morgan fingerprint density at radius 2 is 1.89 bits per heavy atom. The Morgan fingerprint density at radius 1 is 1.07 bits per heavy atom. The van der Waals surface area contributed by atoms with Gasteiger partial charge in [0.25, 0.3) is 11.8 Å². The zero-order valence-electron chi connectivity index (χ0n) is 15.6. The maximum Gasteiger partial charge on any atom is 0.259 e. The van der Waals surface area contributed by atoms with E-state index in [0.29, 0.717) is 29.3 Å². The molecule has 0 saturated heterocycles. The Balaban J connectivity index is 1.82. The van der Waals surface area contributed by atoms with E-state index in [0.717, 1.165) is 17.7 Å². The lowest BCUT2D eigenvalue weighted by molar-refractivity contribution is -0.122. The van der Waals surface area contributed by atoms with Crippen LogP contribution in [0.5, 0.6) is 11.5 Å². The number of hydrogen-bond donors (Lipinski definition) is 1. The van der Waals surface area contributed by atoms with Crippen molar-refractivity contribution in [1.82, 2.24) is 0 Å². The third kappa shape index (κ3) is 3.88. The second-order valence-corrected chi connectivity index (χ2v) is 6.09. The fraction of sp³-hybridized carbons (Fsp3) is 0.300. The molecule has 1 N–H and O–H groups in total. The molecule has 0 unspecified atom stereocenters. The standard InChI is InChI=1S/C20H22N2O5/c1-25-12-19(23)22-9-8-13-4-5-14(10-17(13)22)21-20(24)16-7-6-15(26-2)11-18(16)27-3/h4-7,10-11H,8-9,12H2,1-3H3,(H,21,24). The number of anilines is 2. The van der Waals surface area contributed by atoms with Gasteiger partial charge in [-0.1, -0.05) is 6.07 Å². The topological polar surface area (TPSA) is 77.1 Å². The van der Waals surface area contributed by atoms with Crippen molar-refractivity contribution in [2.24, 2.45) is 0 Å². The number of ether oxygens (including phenoxy) is 3. The molecule has 2 aromatic rings. The smallest absolute Gasteiger partial charge is 0.259 e. The van der Waals surface area contributed by atoms with Crippen molar-refractivity contribution in [3.63, 3.8) is 0 Å². The number of fused-ring (bicyclic) bond motifs is 1. The largest absolute Gasteiger partial charge is 0.497 e. The number of carbonyl (C=O) groups is 2. The van der Waals surface area contributed by atoms with Gasteiger partial charge in [0.1, 0.15) is 18.1 Å². The fourth-order valence-electron chi connectivity index (χ4n) is 3.10. The lowest BCUT2D eigenvalue weighted by Gasteiger charge is -2.18. The summed E-state index contributed by atoms with van der Waals surface area (Å²) in [5.74, 6) is 0.622. The highest BCUT2D eigenvalue weighted by Gasteiger charge is 2.25. The summed E-state index contributed by atoms with van der Waals surface area (Å²) in [7, 11) is 4.55. The minimum absolute atomic E-state index is 0.0269. The highest BCUT2D eigenvalue weighted by Crippen LogP contribution is 2.32. The molecule has 1 aliphatic heterocycles. The Labute approximate surface area is 157 Å². The molecule has 0 atom stereocenters. The van der Waals surface area contributed by atoms with Gasteiger partial charge in [0, 0.05) is 31.1 Å². The van der Waals surface area contributed by atoms with Crippen molar-refractivity contribution in [3.8, 4) is 11.5 Å². The van der Waals surface area contributed by atoms with Crippen molar-refractivity contribution >= 4 is 23.2 Å². The molecule has 0 saturated carbocycles. The summed E-state index contributed by atoms with van der Waals surface area (Å²) < 4.78 is 15.4. The predicted molar refractivity (Wildman–Crippen MR) is 102 cm³/mol. The van der Waals surface area contributed by atoms with Gasteiger partial charge in [-0.25, -0.2) is 0 Å². The van der Waals surface area contributed by atoms with Crippen molar-refractivity contribution < 1.29 is 23.8 Å². The van der Waals surface area contributed by atoms with Gasteiger partial charge in [-0.3, -0.25) is 9.59 Å². The molecule has 0 aromatic heterocycles. The van der Waals surface area contributed by atoms with Crippen molar-refractivity contribution in [1.29, 1.82) is 0 Å². The predicted octanol–water partition coefficient (Wildman–Crippen LogP) is 2.49. The highest BCUT2D eigenvalue weighted by atomic mass is 16.5. The molecule has 3 rings (SSSR count). The van der Waals surface area contributed by atoms with Crippen LogP contribution in [0, 0.1) is 0 Å². The summed E-state index contributed by atoms with van der Waals surface area (Å²) in [6.45, 7) is 0.639. The van der Waals surface area contributed by atoms with Gasteiger partial charge in [0.15, 0.2) is 0 Å². The molecule has 1 aliphatic rings. The van der Waals surface area contributed by atoms with Gasteiger partial charge < -0.3 is 24.4 Å². The van der Waals surface area contributed by atoms with Crippen LogP contribution >= 0.6 is 0 Å². The van der Waals surface area contributed by atoms with Crippen LogP contribution in [0.4, 0.5) is 11.4 Å². The molecule has 2 amide bonds. The van der Waals surface area contributed by atoms with Crippen LogP contribution in [0.2, 0.25) is 0 Å². The Kier molecular flexibility index (Phi) is 5.61. The molecule has 0 radical (unpaired) electrons. The zero-order chi connectivity index (χ0) is 19.4. The van der Waals surface area contributed by atoms with E-state index in [9.17, 15) is 9.59 Å². The maximum atomic E-state index is 12.7. The number of hydrogen-bond acceptors (Lipinski definition) is 5. The lowest BCUT2D eigenvalue weighted by atomic mass is 10.1. The van der Waals surface area contributed by atoms with Crippen molar-refractivity contribution in [3.05, 3.63) is 47.5 Å². The zero-order valence-corrected chi connectivity index (χ0v) is 15.6. The monoisotopic (exact) mass is 370 g/mol. The summed E-state index contributed by atoms with van der Waals surface area (Å²) in [5, 5.41) is 2.86. The Bertz CT molecular complexity index is 865. The number of amides is 2. The second kappa shape index (κ2) is 8.09. The average molecular weight is 370 g/mol. The first-order chi connectivity index (χ1) is 13.1. The minimum Gasteiger partial charge on any atom is -0.497 e. The number of rotatable bonds is 6.